The molecule has 0 aliphatic carbocycles. The van der Waals surface area contributed by atoms with Crippen LogP contribution in [0.25, 0.3) is 10.7 Å². The van der Waals surface area contributed by atoms with Crippen LogP contribution >= 0.6 is 11.3 Å². The van der Waals surface area contributed by atoms with E-state index in [1.165, 1.54) is 0 Å². The van der Waals surface area contributed by atoms with Crippen molar-refractivity contribution >= 4 is 17.3 Å². The van der Waals surface area contributed by atoms with E-state index >= 15 is 0 Å². The normalized spacial score (nSPS) is 10.8. The zero-order valence-corrected chi connectivity index (χ0v) is 11.4. The summed E-state index contributed by atoms with van der Waals surface area (Å²) in [6.45, 7) is 1.17. The molecule has 0 aliphatic heterocycles. The summed E-state index contributed by atoms with van der Waals surface area (Å²) in [7, 11) is 1.89. The third-order valence-electron chi connectivity index (χ3n) is 2.58. The topological polar surface area (TPSA) is 66.3 Å². The van der Waals surface area contributed by atoms with Gasteiger partial charge < -0.3 is 5.11 Å². The summed E-state index contributed by atoms with van der Waals surface area (Å²) in [5, 5.41) is 11.5. The highest BCUT2D eigenvalue weighted by molar-refractivity contribution is 7.13. The quantitative estimate of drug-likeness (QED) is 0.876. The fourth-order valence-electron chi connectivity index (χ4n) is 1.63. The van der Waals surface area contributed by atoms with Crippen LogP contribution in [-0.4, -0.2) is 39.5 Å². The first-order chi connectivity index (χ1) is 9.15. The third-order valence-corrected chi connectivity index (χ3v) is 3.49. The predicted octanol–water partition coefficient (Wildman–Crippen LogP) is 2.11. The van der Waals surface area contributed by atoms with Crippen molar-refractivity contribution in [3.63, 3.8) is 0 Å². The van der Waals surface area contributed by atoms with Crippen LogP contribution in [0.4, 0.5) is 0 Å². The number of aliphatic carboxylic acids is 1. The lowest BCUT2D eigenvalue weighted by molar-refractivity contribution is -0.137. The Kier molecular flexibility index (Phi) is 4.59. The summed E-state index contributed by atoms with van der Waals surface area (Å²) < 4.78 is 0. The highest BCUT2D eigenvalue weighted by Gasteiger charge is 2.08. The molecule has 2 rings (SSSR count). The number of nitrogens with zero attached hydrogens (tertiary/aromatic N) is 3. The second-order valence-electron chi connectivity index (χ2n) is 4.24. The molecule has 1 N–H and O–H groups in total. The summed E-state index contributed by atoms with van der Waals surface area (Å²) in [6.07, 6.45) is 1.89. The van der Waals surface area contributed by atoms with E-state index in [-0.39, 0.29) is 6.42 Å². The van der Waals surface area contributed by atoms with E-state index in [4.69, 9.17) is 5.11 Å². The number of aromatic nitrogens is 2. The van der Waals surface area contributed by atoms with Crippen LogP contribution in [0.15, 0.2) is 29.8 Å². The van der Waals surface area contributed by atoms with Gasteiger partial charge in [0.1, 0.15) is 5.01 Å². The molecule has 0 radical (unpaired) electrons. The van der Waals surface area contributed by atoms with Crippen LogP contribution in [0, 0.1) is 0 Å². The average molecular weight is 277 g/mol. The van der Waals surface area contributed by atoms with Crippen LogP contribution in [-0.2, 0) is 11.3 Å². The standard InChI is InChI=1S/C13H15N3O2S/c1-16(7-5-12(17)18)8-10-9-19-13(15-10)11-4-2-3-6-14-11/h2-4,6,9H,5,7-8H2,1H3,(H,17,18). The SMILES string of the molecule is CN(CCC(=O)O)Cc1csc(-c2ccccn2)n1. The minimum atomic E-state index is -0.778. The largest absolute Gasteiger partial charge is 0.481 e. The Balaban J connectivity index is 1.96. The number of hydrogen-bond acceptors (Lipinski definition) is 5. The number of carboxylic acids is 1. The van der Waals surface area contributed by atoms with Gasteiger partial charge in [0, 0.05) is 24.7 Å². The van der Waals surface area contributed by atoms with Crippen LogP contribution in [0.1, 0.15) is 12.1 Å². The fraction of sp³-hybridized carbons (Fsp3) is 0.308. The molecule has 0 saturated heterocycles. The van der Waals surface area contributed by atoms with Crippen LogP contribution in [0.3, 0.4) is 0 Å². The molecule has 0 spiro atoms. The lowest BCUT2D eigenvalue weighted by Crippen LogP contribution is -2.21. The molecule has 2 aromatic heterocycles. The third kappa shape index (κ3) is 4.11. The lowest BCUT2D eigenvalue weighted by Gasteiger charge is -2.13. The van der Waals surface area contributed by atoms with Crippen LogP contribution in [0.2, 0.25) is 0 Å². The first-order valence-electron chi connectivity index (χ1n) is 5.91. The van der Waals surface area contributed by atoms with Gasteiger partial charge in [0.15, 0.2) is 0 Å². The maximum absolute atomic E-state index is 10.5. The fourth-order valence-corrected chi connectivity index (χ4v) is 2.41. The smallest absolute Gasteiger partial charge is 0.304 e. The Hall–Kier alpha value is -1.79. The Bertz CT molecular complexity index is 542. The van der Waals surface area contributed by atoms with Crippen molar-refractivity contribution in [2.45, 2.75) is 13.0 Å². The van der Waals surface area contributed by atoms with Crippen molar-refractivity contribution in [3.05, 3.63) is 35.5 Å². The molecule has 2 heterocycles. The Morgan fingerprint density at radius 3 is 3.00 bits per heavy atom. The number of thiazole rings is 1. The monoisotopic (exact) mass is 277 g/mol. The predicted molar refractivity (Wildman–Crippen MR) is 73.9 cm³/mol. The summed E-state index contributed by atoms with van der Waals surface area (Å²) in [5.74, 6) is -0.778. The molecule has 0 unspecified atom stereocenters. The minimum Gasteiger partial charge on any atom is -0.481 e. The molecule has 0 aliphatic rings. The van der Waals surface area contributed by atoms with E-state index in [0.29, 0.717) is 13.1 Å². The van der Waals surface area contributed by atoms with Gasteiger partial charge in [-0.15, -0.1) is 11.3 Å². The molecule has 0 atom stereocenters. The zero-order valence-electron chi connectivity index (χ0n) is 10.6. The molecule has 0 bridgehead atoms. The molecule has 100 valence electrons. The van der Waals surface area contributed by atoms with Gasteiger partial charge in [-0.2, -0.15) is 0 Å². The number of carbonyl (C=O) groups is 1. The average Bonchev–Trinajstić information content (AvgIpc) is 2.86. The summed E-state index contributed by atoms with van der Waals surface area (Å²) in [6, 6.07) is 5.73. The molecule has 0 aromatic carbocycles. The molecule has 5 nitrogen and oxygen atoms in total. The van der Waals surface area contributed by atoms with E-state index in [1.807, 2.05) is 35.5 Å². The van der Waals surface area contributed by atoms with E-state index in [9.17, 15) is 4.79 Å². The van der Waals surface area contributed by atoms with Crippen molar-refractivity contribution < 1.29 is 9.90 Å². The van der Waals surface area contributed by atoms with Crippen LogP contribution < -0.4 is 0 Å². The number of rotatable bonds is 6. The number of pyridine rings is 1. The van der Waals surface area contributed by atoms with E-state index in [1.54, 1.807) is 17.5 Å². The van der Waals surface area contributed by atoms with Gasteiger partial charge in [0.05, 0.1) is 17.8 Å². The summed E-state index contributed by atoms with van der Waals surface area (Å²) in [5.41, 5.74) is 1.81. The Morgan fingerprint density at radius 1 is 1.47 bits per heavy atom. The van der Waals surface area contributed by atoms with Gasteiger partial charge in [-0.3, -0.25) is 14.7 Å². The van der Waals surface area contributed by atoms with Crippen molar-refractivity contribution in [3.8, 4) is 10.7 Å². The van der Waals surface area contributed by atoms with Gasteiger partial charge in [0.25, 0.3) is 0 Å². The zero-order chi connectivity index (χ0) is 13.7. The molecule has 19 heavy (non-hydrogen) atoms. The second-order valence-corrected chi connectivity index (χ2v) is 5.10. The first-order valence-corrected chi connectivity index (χ1v) is 6.79. The second kappa shape index (κ2) is 6.40. The molecular formula is C13H15N3O2S. The lowest BCUT2D eigenvalue weighted by atomic mass is 10.3. The molecule has 2 aromatic rings. The van der Waals surface area contributed by atoms with Gasteiger partial charge >= 0.3 is 5.97 Å². The summed E-state index contributed by atoms with van der Waals surface area (Å²) >= 11 is 1.55. The van der Waals surface area contributed by atoms with Crippen molar-refractivity contribution in [2.75, 3.05) is 13.6 Å². The van der Waals surface area contributed by atoms with Gasteiger partial charge in [-0.25, -0.2) is 4.98 Å². The first kappa shape index (κ1) is 13.6. The van der Waals surface area contributed by atoms with Crippen LogP contribution in [0.5, 0.6) is 0 Å². The number of carboxylic acid groups (broad SMARTS) is 1. The summed E-state index contributed by atoms with van der Waals surface area (Å²) in [4.78, 5) is 21.2. The van der Waals surface area contributed by atoms with Gasteiger partial charge in [-0.05, 0) is 19.2 Å². The maximum Gasteiger partial charge on any atom is 0.304 e. The molecule has 0 fully saturated rings. The maximum atomic E-state index is 10.5. The van der Waals surface area contributed by atoms with Gasteiger partial charge in [-0.1, -0.05) is 6.07 Å². The van der Waals surface area contributed by atoms with Crippen molar-refractivity contribution in [1.29, 1.82) is 0 Å². The molecule has 0 saturated carbocycles. The highest BCUT2D eigenvalue weighted by atomic mass is 32.1. The molecular weight excluding hydrogens is 262 g/mol. The Morgan fingerprint density at radius 2 is 2.32 bits per heavy atom. The van der Waals surface area contributed by atoms with E-state index in [0.717, 1.165) is 16.4 Å². The van der Waals surface area contributed by atoms with E-state index < -0.39 is 5.97 Å². The Labute approximate surface area is 115 Å². The van der Waals surface area contributed by atoms with E-state index in [2.05, 4.69) is 9.97 Å². The van der Waals surface area contributed by atoms with Crippen molar-refractivity contribution in [1.82, 2.24) is 14.9 Å². The number of hydrogen-bond donors (Lipinski definition) is 1. The minimum absolute atomic E-state index is 0.147. The molecule has 6 heteroatoms. The highest BCUT2D eigenvalue weighted by Crippen LogP contribution is 2.21. The molecule has 0 amide bonds. The van der Waals surface area contributed by atoms with Gasteiger partial charge in [0.2, 0.25) is 0 Å². The van der Waals surface area contributed by atoms with Crippen molar-refractivity contribution in [2.24, 2.45) is 0 Å².